The van der Waals surface area contributed by atoms with Crippen molar-refractivity contribution < 1.29 is 0 Å². The zero-order valence-corrected chi connectivity index (χ0v) is 21.9. The van der Waals surface area contributed by atoms with Gasteiger partial charge in [-0.25, -0.2) is 0 Å². The monoisotopic (exact) mass is 504 g/mol. The molecule has 184 valence electrons. The maximum Gasteiger partial charge on any atom is -0.00259 e. The van der Waals surface area contributed by atoms with Gasteiger partial charge in [-0.3, -0.25) is 0 Å². The summed E-state index contributed by atoms with van der Waals surface area (Å²) in [5.74, 6) is 0. The Morgan fingerprint density at radius 1 is 0.225 bits per heavy atom. The summed E-state index contributed by atoms with van der Waals surface area (Å²) in [6, 6.07) is 53.9. The van der Waals surface area contributed by atoms with Crippen molar-refractivity contribution in [1.29, 1.82) is 0 Å². The van der Waals surface area contributed by atoms with E-state index in [0.29, 0.717) is 0 Å². The van der Waals surface area contributed by atoms with Crippen molar-refractivity contribution in [3.05, 3.63) is 146 Å². The summed E-state index contributed by atoms with van der Waals surface area (Å²) in [7, 11) is 0. The highest BCUT2D eigenvalue weighted by Gasteiger charge is 2.22. The topological polar surface area (TPSA) is 0 Å². The van der Waals surface area contributed by atoms with Crippen molar-refractivity contribution in [2.24, 2.45) is 0 Å². The standard InChI is InChI=1S/C40H24/c1-2-7-26-18-29(13-12-25(26)6-1)30-14-15-32-20-33(17-16-31(32)19-30)35-21-34-10-5-11-36-37-22-27-8-3-4-9-28(27)23-38(37)39(24-35)40(34)36/h1-24H. The first-order valence-corrected chi connectivity index (χ1v) is 13.9. The largest absolute Gasteiger partial charge is 0.0616 e. The Morgan fingerprint density at radius 3 is 1.32 bits per heavy atom. The number of benzene rings is 8. The molecule has 1 aliphatic rings. The van der Waals surface area contributed by atoms with Gasteiger partial charge in [0.25, 0.3) is 0 Å². The van der Waals surface area contributed by atoms with Gasteiger partial charge in [0, 0.05) is 0 Å². The molecule has 0 saturated carbocycles. The second kappa shape index (κ2) is 8.15. The molecule has 0 aromatic heterocycles. The lowest BCUT2D eigenvalue weighted by molar-refractivity contribution is 1.65. The van der Waals surface area contributed by atoms with Gasteiger partial charge < -0.3 is 0 Å². The summed E-state index contributed by atoms with van der Waals surface area (Å²) < 4.78 is 0. The lowest BCUT2D eigenvalue weighted by Gasteiger charge is -2.10. The van der Waals surface area contributed by atoms with Gasteiger partial charge in [-0.05, 0) is 130 Å². The highest BCUT2D eigenvalue weighted by Crippen LogP contribution is 2.50. The Bertz CT molecular complexity index is 2320. The fourth-order valence-electron chi connectivity index (χ4n) is 6.69. The second-order valence-electron chi connectivity index (χ2n) is 11.0. The Kier molecular flexibility index (Phi) is 4.42. The summed E-state index contributed by atoms with van der Waals surface area (Å²) in [6.45, 7) is 0. The molecule has 9 rings (SSSR count). The van der Waals surface area contributed by atoms with E-state index in [4.69, 9.17) is 0 Å². The zero-order chi connectivity index (χ0) is 26.2. The van der Waals surface area contributed by atoms with Crippen LogP contribution in [0.5, 0.6) is 0 Å². The molecule has 0 radical (unpaired) electrons. The van der Waals surface area contributed by atoms with Crippen LogP contribution in [0.3, 0.4) is 0 Å². The second-order valence-corrected chi connectivity index (χ2v) is 11.0. The number of hydrogen-bond acceptors (Lipinski definition) is 0. The predicted octanol–water partition coefficient (Wildman–Crippen LogP) is 11.3. The van der Waals surface area contributed by atoms with Gasteiger partial charge in [-0.15, -0.1) is 0 Å². The van der Waals surface area contributed by atoms with Gasteiger partial charge in [-0.2, -0.15) is 0 Å². The van der Waals surface area contributed by atoms with Crippen molar-refractivity contribution in [3.8, 4) is 44.5 Å². The molecule has 1 aliphatic carbocycles. The Labute approximate surface area is 232 Å². The van der Waals surface area contributed by atoms with Crippen molar-refractivity contribution >= 4 is 43.1 Å². The highest BCUT2D eigenvalue weighted by molar-refractivity contribution is 6.18. The van der Waals surface area contributed by atoms with Gasteiger partial charge >= 0.3 is 0 Å². The minimum Gasteiger partial charge on any atom is -0.0616 e. The van der Waals surface area contributed by atoms with Gasteiger partial charge in [0.15, 0.2) is 0 Å². The smallest absolute Gasteiger partial charge is 0.00259 e. The summed E-state index contributed by atoms with van der Waals surface area (Å²) in [5, 5.41) is 10.3. The van der Waals surface area contributed by atoms with E-state index in [0.717, 1.165) is 0 Å². The molecule has 0 heterocycles. The molecule has 0 bridgehead atoms. The third-order valence-corrected chi connectivity index (χ3v) is 8.70. The SMILES string of the molecule is c1ccc2cc(-c3ccc4cc(-c5cc6c7c(cccc7c5)-c5cc7ccccc7cc5-6)ccc4c3)ccc2c1. The van der Waals surface area contributed by atoms with Crippen LogP contribution in [0, 0.1) is 0 Å². The molecule has 0 N–H and O–H groups in total. The van der Waals surface area contributed by atoms with Crippen molar-refractivity contribution in [1.82, 2.24) is 0 Å². The fourth-order valence-corrected chi connectivity index (χ4v) is 6.69. The van der Waals surface area contributed by atoms with Crippen molar-refractivity contribution in [2.75, 3.05) is 0 Å². The van der Waals surface area contributed by atoms with E-state index < -0.39 is 0 Å². The Hall–Kier alpha value is -5.20. The van der Waals surface area contributed by atoms with Crippen LogP contribution in [0.15, 0.2) is 146 Å². The van der Waals surface area contributed by atoms with Crippen LogP contribution in [-0.2, 0) is 0 Å². The average molecular weight is 505 g/mol. The van der Waals surface area contributed by atoms with Crippen LogP contribution in [0.2, 0.25) is 0 Å². The molecule has 0 saturated heterocycles. The molecule has 0 heteroatoms. The van der Waals surface area contributed by atoms with Crippen molar-refractivity contribution in [3.63, 3.8) is 0 Å². The number of fused-ring (bicyclic) bond motifs is 6. The maximum absolute atomic E-state index is 2.40. The molecule has 0 unspecified atom stereocenters. The van der Waals surface area contributed by atoms with Crippen LogP contribution < -0.4 is 0 Å². The van der Waals surface area contributed by atoms with Gasteiger partial charge in [0.2, 0.25) is 0 Å². The molecule has 0 aliphatic heterocycles. The minimum atomic E-state index is 1.25. The molecule has 0 atom stereocenters. The highest BCUT2D eigenvalue weighted by atomic mass is 14.3. The lowest BCUT2D eigenvalue weighted by Crippen LogP contribution is -1.84. The first-order valence-electron chi connectivity index (χ1n) is 13.9. The maximum atomic E-state index is 2.40. The summed E-state index contributed by atoms with van der Waals surface area (Å²) >= 11 is 0. The average Bonchev–Trinajstić information content (AvgIpc) is 3.32. The minimum absolute atomic E-state index is 1.25. The fraction of sp³-hybridized carbons (Fsp3) is 0. The van der Waals surface area contributed by atoms with Gasteiger partial charge in [0.1, 0.15) is 0 Å². The first kappa shape index (κ1) is 21.7. The van der Waals surface area contributed by atoms with Crippen LogP contribution >= 0.6 is 0 Å². The third kappa shape index (κ3) is 3.20. The van der Waals surface area contributed by atoms with E-state index in [2.05, 4.69) is 146 Å². The van der Waals surface area contributed by atoms with E-state index in [9.17, 15) is 0 Å². The normalized spacial score (nSPS) is 12.0. The molecular weight excluding hydrogens is 480 g/mol. The molecule has 0 spiro atoms. The lowest BCUT2D eigenvalue weighted by atomic mass is 9.93. The van der Waals surface area contributed by atoms with Crippen LogP contribution in [0.1, 0.15) is 0 Å². The summed E-state index contributed by atoms with van der Waals surface area (Å²) in [6.07, 6.45) is 0. The number of hydrogen-bond donors (Lipinski definition) is 0. The van der Waals surface area contributed by atoms with Crippen LogP contribution in [-0.4, -0.2) is 0 Å². The molecule has 0 nitrogen and oxygen atoms in total. The van der Waals surface area contributed by atoms with E-state index in [-0.39, 0.29) is 0 Å². The quantitative estimate of drug-likeness (QED) is 0.220. The molecular formula is C40H24. The summed E-state index contributed by atoms with van der Waals surface area (Å²) in [5.41, 5.74) is 10.4. The van der Waals surface area contributed by atoms with Crippen molar-refractivity contribution in [2.45, 2.75) is 0 Å². The first-order chi connectivity index (χ1) is 19.8. The van der Waals surface area contributed by atoms with E-state index >= 15 is 0 Å². The third-order valence-electron chi connectivity index (χ3n) is 8.70. The van der Waals surface area contributed by atoms with E-state index in [1.165, 1.54) is 87.6 Å². The van der Waals surface area contributed by atoms with Crippen LogP contribution in [0.25, 0.3) is 87.6 Å². The Balaban J connectivity index is 1.17. The number of rotatable bonds is 2. The van der Waals surface area contributed by atoms with E-state index in [1.807, 2.05) is 0 Å². The van der Waals surface area contributed by atoms with E-state index in [1.54, 1.807) is 0 Å². The predicted molar refractivity (Wildman–Crippen MR) is 172 cm³/mol. The zero-order valence-electron chi connectivity index (χ0n) is 21.9. The van der Waals surface area contributed by atoms with Crippen LogP contribution in [0.4, 0.5) is 0 Å². The molecule has 40 heavy (non-hydrogen) atoms. The molecule has 0 fully saturated rings. The Morgan fingerprint density at radius 2 is 0.675 bits per heavy atom. The summed E-state index contributed by atoms with van der Waals surface area (Å²) in [4.78, 5) is 0. The van der Waals surface area contributed by atoms with Gasteiger partial charge in [-0.1, -0.05) is 103 Å². The molecule has 8 aromatic rings. The molecule has 0 amide bonds. The van der Waals surface area contributed by atoms with Gasteiger partial charge in [0.05, 0.1) is 0 Å². The molecule has 8 aromatic carbocycles.